The molecule has 2 saturated carbocycles. The molecule has 1 saturated heterocycles. The zero-order chi connectivity index (χ0) is 17.0. The summed E-state index contributed by atoms with van der Waals surface area (Å²) < 4.78 is 0. The normalized spacial score (nSPS) is 30.0. The first-order chi connectivity index (χ1) is 11.6. The fraction of sp³-hybridized carbons (Fsp3) is 0.895. The maximum absolute atomic E-state index is 12.9. The van der Waals surface area contributed by atoms with Gasteiger partial charge in [-0.2, -0.15) is 0 Å². The van der Waals surface area contributed by atoms with Crippen LogP contribution in [0.1, 0.15) is 70.6 Å². The molecule has 5 nitrogen and oxygen atoms in total. The summed E-state index contributed by atoms with van der Waals surface area (Å²) in [5.74, 6) is 1.72. The van der Waals surface area contributed by atoms with Crippen LogP contribution in [-0.4, -0.2) is 42.4 Å². The van der Waals surface area contributed by atoms with Crippen molar-refractivity contribution in [3.8, 4) is 0 Å². The van der Waals surface area contributed by atoms with Crippen LogP contribution in [0.2, 0.25) is 0 Å². The van der Waals surface area contributed by atoms with E-state index in [1.807, 2.05) is 0 Å². The minimum atomic E-state index is -0.595. The summed E-state index contributed by atoms with van der Waals surface area (Å²) in [4.78, 5) is 14.4. The van der Waals surface area contributed by atoms with E-state index in [2.05, 4.69) is 10.6 Å². The molecule has 3 N–H and O–H groups in total. The highest BCUT2D eigenvalue weighted by molar-refractivity contribution is 6.07. The Hall–Kier alpha value is -1.10. The number of guanidine groups is 1. The Kier molecular flexibility index (Phi) is 5.80. The summed E-state index contributed by atoms with van der Waals surface area (Å²) in [6, 6.07) is 0. The second kappa shape index (κ2) is 7.85. The Labute approximate surface area is 146 Å². The van der Waals surface area contributed by atoms with Crippen molar-refractivity contribution in [1.82, 2.24) is 15.5 Å². The molecule has 3 fully saturated rings. The summed E-state index contributed by atoms with van der Waals surface area (Å²) >= 11 is 0. The number of carbonyl (C=O) groups excluding carboxylic acids is 1. The van der Waals surface area contributed by atoms with Crippen LogP contribution in [0, 0.1) is 17.2 Å². The standard InChI is InChI=1S/C19H34N4O/c1-23-17(24)19(22-18(23)20,12-15-8-4-2-5-9-15)14-21-13-16-10-6-3-7-11-16/h15-16,21H,2-14H2,1H3,(H2,20,22). The van der Waals surface area contributed by atoms with Gasteiger partial charge in [0.2, 0.25) is 0 Å². The van der Waals surface area contributed by atoms with Crippen molar-refractivity contribution in [3.05, 3.63) is 0 Å². The fourth-order valence-corrected chi connectivity index (χ4v) is 4.88. The molecule has 0 aromatic heterocycles. The minimum Gasteiger partial charge on any atom is -0.341 e. The van der Waals surface area contributed by atoms with Gasteiger partial charge in [-0.25, -0.2) is 0 Å². The summed E-state index contributed by atoms with van der Waals surface area (Å²) in [5, 5.41) is 14.9. The summed E-state index contributed by atoms with van der Waals surface area (Å²) in [7, 11) is 1.72. The van der Waals surface area contributed by atoms with Crippen LogP contribution in [0.3, 0.4) is 0 Å². The number of amides is 1. The van der Waals surface area contributed by atoms with Crippen LogP contribution < -0.4 is 10.6 Å². The van der Waals surface area contributed by atoms with Crippen molar-refractivity contribution in [2.24, 2.45) is 11.8 Å². The first-order valence-electron chi connectivity index (χ1n) is 9.96. The Balaban J connectivity index is 1.61. The van der Waals surface area contributed by atoms with Crippen molar-refractivity contribution in [3.63, 3.8) is 0 Å². The molecule has 24 heavy (non-hydrogen) atoms. The van der Waals surface area contributed by atoms with Gasteiger partial charge in [0, 0.05) is 13.6 Å². The number of hydrogen-bond donors (Lipinski definition) is 3. The molecule has 3 rings (SSSR count). The second-order valence-corrected chi connectivity index (χ2v) is 8.26. The molecule has 0 radical (unpaired) electrons. The van der Waals surface area contributed by atoms with E-state index in [4.69, 9.17) is 5.41 Å². The molecule has 5 heteroatoms. The number of nitrogens with zero attached hydrogens (tertiary/aromatic N) is 1. The highest BCUT2D eigenvalue weighted by Gasteiger charge is 2.48. The number of hydrogen-bond acceptors (Lipinski definition) is 3. The van der Waals surface area contributed by atoms with Crippen molar-refractivity contribution in [1.29, 1.82) is 5.41 Å². The van der Waals surface area contributed by atoms with E-state index in [0.29, 0.717) is 12.5 Å². The maximum Gasteiger partial charge on any atom is 0.256 e. The van der Waals surface area contributed by atoms with Crippen LogP contribution in [0.4, 0.5) is 0 Å². The van der Waals surface area contributed by atoms with Gasteiger partial charge in [0.1, 0.15) is 5.54 Å². The minimum absolute atomic E-state index is 0.0780. The molecule has 0 aromatic carbocycles. The van der Waals surface area contributed by atoms with Gasteiger partial charge in [-0.3, -0.25) is 15.1 Å². The maximum atomic E-state index is 12.9. The quantitative estimate of drug-likeness (QED) is 0.699. The highest BCUT2D eigenvalue weighted by Crippen LogP contribution is 2.33. The number of nitrogens with one attached hydrogen (secondary N) is 3. The summed E-state index contributed by atoms with van der Waals surface area (Å²) in [6.07, 6.45) is 14.0. The van der Waals surface area contributed by atoms with E-state index >= 15 is 0 Å². The van der Waals surface area contributed by atoms with Crippen LogP contribution >= 0.6 is 0 Å². The number of likely N-dealkylation sites (N-methyl/N-ethyl adjacent to an activating group) is 1. The predicted octanol–water partition coefficient (Wildman–Crippen LogP) is 2.86. The van der Waals surface area contributed by atoms with Gasteiger partial charge in [-0.05, 0) is 37.6 Å². The largest absolute Gasteiger partial charge is 0.341 e. The molecule has 136 valence electrons. The topological polar surface area (TPSA) is 68.2 Å². The first-order valence-corrected chi connectivity index (χ1v) is 9.96. The average molecular weight is 335 g/mol. The van der Waals surface area contributed by atoms with E-state index in [9.17, 15) is 4.79 Å². The Morgan fingerprint density at radius 3 is 2.21 bits per heavy atom. The van der Waals surface area contributed by atoms with Gasteiger partial charge in [0.05, 0.1) is 0 Å². The molecule has 0 spiro atoms. The van der Waals surface area contributed by atoms with Gasteiger partial charge in [0.25, 0.3) is 5.91 Å². The number of rotatable bonds is 6. The molecular weight excluding hydrogens is 300 g/mol. The van der Waals surface area contributed by atoms with E-state index < -0.39 is 5.54 Å². The Bertz CT molecular complexity index is 454. The summed E-state index contributed by atoms with van der Waals surface area (Å²) in [6.45, 7) is 1.67. The van der Waals surface area contributed by atoms with Crippen LogP contribution in [0.5, 0.6) is 0 Å². The fourth-order valence-electron chi connectivity index (χ4n) is 4.88. The molecule has 1 amide bonds. The van der Waals surface area contributed by atoms with E-state index in [-0.39, 0.29) is 11.9 Å². The molecule has 1 unspecified atom stereocenters. The van der Waals surface area contributed by atoms with Gasteiger partial charge in [-0.1, -0.05) is 51.4 Å². The van der Waals surface area contributed by atoms with Crippen molar-refractivity contribution in [2.75, 3.05) is 20.1 Å². The zero-order valence-corrected chi connectivity index (χ0v) is 15.2. The predicted molar refractivity (Wildman–Crippen MR) is 97.0 cm³/mol. The monoisotopic (exact) mass is 334 g/mol. The van der Waals surface area contributed by atoms with Crippen molar-refractivity contribution < 1.29 is 4.79 Å². The van der Waals surface area contributed by atoms with E-state index in [0.717, 1.165) is 18.9 Å². The van der Waals surface area contributed by atoms with Gasteiger partial charge in [0.15, 0.2) is 5.96 Å². The Morgan fingerprint density at radius 2 is 1.67 bits per heavy atom. The van der Waals surface area contributed by atoms with Crippen molar-refractivity contribution in [2.45, 2.75) is 76.2 Å². The molecule has 2 aliphatic carbocycles. The highest BCUT2D eigenvalue weighted by atomic mass is 16.2. The third-order valence-electron chi connectivity index (χ3n) is 6.35. The van der Waals surface area contributed by atoms with Gasteiger partial charge >= 0.3 is 0 Å². The lowest BCUT2D eigenvalue weighted by atomic mass is 9.79. The molecule has 0 bridgehead atoms. The lowest BCUT2D eigenvalue weighted by Gasteiger charge is -2.34. The second-order valence-electron chi connectivity index (χ2n) is 8.26. The van der Waals surface area contributed by atoms with Gasteiger partial charge in [-0.15, -0.1) is 0 Å². The zero-order valence-electron chi connectivity index (χ0n) is 15.2. The molecule has 3 aliphatic rings. The smallest absolute Gasteiger partial charge is 0.256 e. The lowest BCUT2D eigenvalue weighted by Crippen LogP contribution is -2.56. The van der Waals surface area contributed by atoms with E-state index in [1.165, 1.54) is 69.1 Å². The Morgan fingerprint density at radius 1 is 1.08 bits per heavy atom. The first kappa shape index (κ1) is 17.7. The van der Waals surface area contributed by atoms with Crippen LogP contribution in [0.25, 0.3) is 0 Å². The van der Waals surface area contributed by atoms with Gasteiger partial charge < -0.3 is 10.6 Å². The average Bonchev–Trinajstić information content (AvgIpc) is 2.81. The van der Waals surface area contributed by atoms with Crippen LogP contribution in [-0.2, 0) is 4.79 Å². The SMILES string of the molecule is CN1C(=N)NC(CNCC2CCCCC2)(CC2CCCCC2)C1=O. The summed E-state index contributed by atoms with van der Waals surface area (Å²) in [5.41, 5.74) is -0.595. The lowest BCUT2D eigenvalue weighted by molar-refractivity contribution is -0.130. The number of carbonyl (C=O) groups is 1. The third kappa shape index (κ3) is 3.93. The molecule has 1 heterocycles. The molecule has 0 aromatic rings. The molecule has 1 aliphatic heterocycles. The molecule has 1 atom stereocenters. The molecular formula is C19H34N4O. The van der Waals surface area contributed by atoms with Crippen LogP contribution in [0.15, 0.2) is 0 Å². The third-order valence-corrected chi connectivity index (χ3v) is 6.35. The van der Waals surface area contributed by atoms with Crippen molar-refractivity contribution >= 4 is 11.9 Å². The van der Waals surface area contributed by atoms with E-state index in [1.54, 1.807) is 7.05 Å².